The lowest BCUT2D eigenvalue weighted by molar-refractivity contribution is -0.120. The predicted octanol–water partition coefficient (Wildman–Crippen LogP) is 4.32. The highest BCUT2D eigenvalue weighted by atomic mass is 32.1. The van der Waals surface area contributed by atoms with Crippen LogP contribution in [0.15, 0.2) is 67.0 Å². The van der Waals surface area contributed by atoms with Crippen molar-refractivity contribution in [2.24, 2.45) is 0 Å². The summed E-state index contributed by atoms with van der Waals surface area (Å²) in [6.07, 6.45) is 3.43. The summed E-state index contributed by atoms with van der Waals surface area (Å²) >= 11 is 1.43. The van der Waals surface area contributed by atoms with Crippen LogP contribution in [0.1, 0.15) is 5.56 Å². The van der Waals surface area contributed by atoms with Crippen LogP contribution >= 0.6 is 11.3 Å². The molecular formula is C23H21N3O4S. The molecule has 0 aliphatic rings. The molecule has 0 N–H and O–H groups in total. The Morgan fingerprint density at radius 3 is 2.52 bits per heavy atom. The molecule has 0 atom stereocenters. The van der Waals surface area contributed by atoms with Gasteiger partial charge in [-0.15, -0.1) is 0 Å². The highest BCUT2D eigenvalue weighted by Crippen LogP contribution is 2.34. The Morgan fingerprint density at radius 1 is 1.00 bits per heavy atom. The Bertz CT molecular complexity index is 1160. The number of thiazole rings is 1. The van der Waals surface area contributed by atoms with Gasteiger partial charge in [0.05, 0.1) is 25.5 Å². The number of anilines is 1. The molecule has 0 aliphatic carbocycles. The number of aromatic nitrogens is 2. The van der Waals surface area contributed by atoms with Gasteiger partial charge in [0, 0.05) is 12.4 Å². The zero-order valence-corrected chi connectivity index (χ0v) is 18.0. The van der Waals surface area contributed by atoms with Crippen molar-refractivity contribution >= 4 is 32.6 Å². The molecule has 4 aromatic rings. The number of para-hydroxylation sites is 1. The molecule has 1 amide bonds. The van der Waals surface area contributed by atoms with Crippen LogP contribution in [0.2, 0.25) is 0 Å². The maximum atomic E-state index is 13.2. The van der Waals surface area contributed by atoms with E-state index in [0.717, 1.165) is 21.5 Å². The highest BCUT2D eigenvalue weighted by Gasteiger charge is 2.22. The summed E-state index contributed by atoms with van der Waals surface area (Å²) < 4.78 is 17.2. The molecule has 0 saturated heterocycles. The number of benzene rings is 2. The number of nitrogens with zero attached hydrogens (tertiary/aromatic N) is 3. The number of rotatable bonds is 8. The molecule has 0 bridgehead atoms. The number of pyridine rings is 1. The molecule has 0 radical (unpaired) electrons. The van der Waals surface area contributed by atoms with Gasteiger partial charge in [-0.2, -0.15) is 0 Å². The first-order valence-corrected chi connectivity index (χ1v) is 10.4. The standard InChI is InChI=1S/C23H21N3O4S/c1-28-17-8-10-18(11-9-17)30-15-21(27)26(14-16-5-4-12-24-13-16)23-25-22-19(29-2)6-3-7-20(22)31-23/h3-13H,14-15H2,1-2H3. The Hall–Kier alpha value is -3.65. The van der Waals surface area contributed by atoms with Gasteiger partial charge in [0.2, 0.25) is 0 Å². The fraction of sp³-hybridized carbons (Fsp3) is 0.174. The third kappa shape index (κ3) is 4.75. The van der Waals surface area contributed by atoms with Crippen LogP contribution < -0.4 is 19.1 Å². The Kier molecular flexibility index (Phi) is 6.28. The van der Waals surface area contributed by atoms with E-state index >= 15 is 0 Å². The van der Waals surface area contributed by atoms with Crippen LogP contribution in [0.5, 0.6) is 17.2 Å². The van der Waals surface area contributed by atoms with Gasteiger partial charge in [-0.05, 0) is 48.0 Å². The summed E-state index contributed by atoms with van der Waals surface area (Å²) in [7, 11) is 3.21. The molecule has 7 nitrogen and oxygen atoms in total. The minimum absolute atomic E-state index is 0.125. The fourth-order valence-corrected chi connectivity index (χ4v) is 4.02. The number of hydrogen-bond acceptors (Lipinski definition) is 7. The molecule has 2 aromatic heterocycles. The van der Waals surface area contributed by atoms with Gasteiger partial charge in [-0.3, -0.25) is 14.7 Å². The van der Waals surface area contributed by atoms with Crippen LogP contribution in [-0.4, -0.2) is 36.7 Å². The molecule has 2 aromatic carbocycles. The van der Waals surface area contributed by atoms with E-state index in [0.29, 0.717) is 23.2 Å². The summed E-state index contributed by atoms with van der Waals surface area (Å²) in [5, 5.41) is 0.576. The molecular weight excluding hydrogens is 414 g/mol. The molecule has 8 heteroatoms. The minimum Gasteiger partial charge on any atom is -0.497 e. The molecule has 0 unspecified atom stereocenters. The van der Waals surface area contributed by atoms with Crippen molar-refractivity contribution < 1.29 is 19.0 Å². The molecule has 158 valence electrons. The second-order valence-electron chi connectivity index (χ2n) is 6.61. The van der Waals surface area contributed by atoms with Crippen LogP contribution in [0.3, 0.4) is 0 Å². The van der Waals surface area contributed by atoms with Crippen molar-refractivity contribution in [2.45, 2.75) is 6.54 Å². The molecule has 0 aliphatic heterocycles. The third-order valence-corrected chi connectivity index (χ3v) is 5.65. The van der Waals surface area contributed by atoms with Crippen molar-refractivity contribution in [2.75, 3.05) is 25.7 Å². The topological polar surface area (TPSA) is 73.8 Å². The van der Waals surface area contributed by atoms with Crippen molar-refractivity contribution in [3.8, 4) is 17.2 Å². The first-order valence-electron chi connectivity index (χ1n) is 9.57. The number of methoxy groups -OCH3 is 2. The predicted molar refractivity (Wildman–Crippen MR) is 120 cm³/mol. The summed E-state index contributed by atoms with van der Waals surface area (Å²) in [6.45, 7) is 0.209. The summed E-state index contributed by atoms with van der Waals surface area (Å²) in [6, 6.07) is 16.6. The van der Waals surface area contributed by atoms with Gasteiger partial charge < -0.3 is 14.2 Å². The molecule has 0 fully saturated rings. The SMILES string of the molecule is COc1ccc(OCC(=O)N(Cc2cccnc2)c2nc3c(OC)cccc3s2)cc1. The van der Waals surface area contributed by atoms with Gasteiger partial charge in [0.15, 0.2) is 11.7 Å². The van der Waals surface area contributed by atoms with Crippen LogP contribution in [-0.2, 0) is 11.3 Å². The van der Waals surface area contributed by atoms with E-state index in [4.69, 9.17) is 14.2 Å². The first kappa shape index (κ1) is 20.6. The lowest BCUT2D eigenvalue weighted by atomic mass is 10.2. The summed E-state index contributed by atoms with van der Waals surface area (Å²) in [4.78, 5) is 23.6. The Morgan fingerprint density at radius 2 is 1.81 bits per heavy atom. The largest absolute Gasteiger partial charge is 0.497 e. The van der Waals surface area contributed by atoms with E-state index in [1.54, 1.807) is 55.8 Å². The number of amides is 1. The van der Waals surface area contributed by atoms with E-state index in [1.165, 1.54) is 11.3 Å². The zero-order valence-electron chi connectivity index (χ0n) is 17.1. The molecule has 4 rings (SSSR count). The smallest absolute Gasteiger partial charge is 0.267 e. The molecule has 2 heterocycles. The number of fused-ring (bicyclic) bond motifs is 1. The maximum absolute atomic E-state index is 13.2. The van der Waals surface area contributed by atoms with Gasteiger partial charge in [0.25, 0.3) is 5.91 Å². The molecule has 31 heavy (non-hydrogen) atoms. The summed E-state index contributed by atoms with van der Waals surface area (Å²) in [5.74, 6) is 1.77. The van der Waals surface area contributed by atoms with E-state index in [1.807, 2.05) is 30.3 Å². The zero-order chi connectivity index (χ0) is 21.6. The van der Waals surface area contributed by atoms with E-state index in [9.17, 15) is 4.79 Å². The van der Waals surface area contributed by atoms with Crippen molar-refractivity contribution in [3.05, 3.63) is 72.6 Å². The quantitative estimate of drug-likeness (QED) is 0.410. The average molecular weight is 436 g/mol. The number of carbonyl (C=O) groups excluding carboxylic acids is 1. The van der Waals surface area contributed by atoms with E-state index in [2.05, 4.69) is 9.97 Å². The Labute approximate surface area is 183 Å². The average Bonchev–Trinajstić information content (AvgIpc) is 3.26. The second kappa shape index (κ2) is 9.44. The Balaban J connectivity index is 1.59. The van der Waals surface area contributed by atoms with Gasteiger partial charge in [0.1, 0.15) is 22.8 Å². The van der Waals surface area contributed by atoms with Crippen LogP contribution in [0.25, 0.3) is 10.2 Å². The van der Waals surface area contributed by atoms with E-state index < -0.39 is 0 Å². The number of ether oxygens (including phenoxy) is 3. The van der Waals surface area contributed by atoms with Gasteiger partial charge in [-0.25, -0.2) is 4.98 Å². The fourth-order valence-electron chi connectivity index (χ4n) is 3.02. The van der Waals surface area contributed by atoms with Gasteiger partial charge >= 0.3 is 0 Å². The number of carbonyl (C=O) groups is 1. The van der Waals surface area contributed by atoms with Crippen LogP contribution in [0, 0.1) is 0 Å². The minimum atomic E-state index is -0.210. The maximum Gasteiger partial charge on any atom is 0.267 e. The third-order valence-electron chi connectivity index (χ3n) is 4.61. The summed E-state index contributed by atoms with van der Waals surface area (Å²) in [5.41, 5.74) is 1.62. The van der Waals surface area contributed by atoms with Gasteiger partial charge in [-0.1, -0.05) is 23.5 Å². The number of hydrogen-bond donors (Lipinski definition) is 0. The first-order chi connectivity index (χ1) is 15.2. The monoisotopic (exact) mass is 435 g/mol. The lowest BCUT2D eigenvalue weighted by Gasteiger charge is -2.20. The van der Waals surface area contributed by atoms with Crippen molar-refractivity contribution in [3.63, 3.8) is 0 Å². The lowest BCUT2D eigenvalue weighted by Crippen LogP contribution is -2.34. The van der Waals surface area contributed by atoms with Crippen molar-refractivity contribution in [1.29, 1.82) is 0 Å². The molecule has 0 saturated carbocycles. The van der Waals surface area contributed by atoms with Crippen LogP contribution in [0.4, 0.5) is 5.13 Å². The van der Waals surface area contributed by atoms with E-state index in [-0.39, 0.29) is 12.5 Å². The molecule has 0 spiro atoms. The normalized spacial score (nSPS) is 10.6. The highest BCUT2D eigenvalue weighted by molar-refractivity contribution is 7.22. The second-order valence-corrected chi connectivity index (χ2v) is 7.62. The van der Waals surface area contributed by atoms with Crippen molar-refractivity contribution in [1.82, 2.24) is 9.97 Å².